The Morgan fingerprint density at radius 3 is 2.43 bits per heavy atom. The number of amides is 1. The highest BCUT2D eigenvalue weighted by Crippen LogP contribution is 2.07. The molecule has 3 heteroatoms. The third-order valence-corrected chi connectivity index (χ3v) is 2.24. The van der Waals surface area contributed by atoms with Crippen molar-refractivity contribution in [1.29, 1.82) is 0 Å². The van der Waals surface area contributed by atoms with Crippen molar-refractivity contribution in [2.24, 2.45) is 5.92 Å². The maximum Gasteiger partial charge on any atom is 0.220 e. The van der Waals surface area contributed by atoms with Gasteiger partial charge in [-0.25, -0.2) is 0 Å². The highest BCUT2D eigenvalue weighted by molar-refractivity contribution is 7.80. The molecule has 1 atom stereocenters. The normalized spacial score (nSPS) is 12.9. The number of unbranched alkanes of at least 4 members (excludes halogenated alkanes) is 1. The lowest BCUT2D eigenvalue weighted by Crippen LogP contribution is -2.26. The first-order valence-corrected chi connectivity index (χ1v) is 5.98. The molecule has 0 saturated heterocycles. The molecule has 1 N–H and O–H groups in total. The van der Waals surface area contributed by atoms with Crippen LogP contribution in [-0.4, -0.2) is 17.7 Å². The zero-order valence-corrected chi connectivity index (χ0v) is 10.4. The molecule has 0 spiro atoms. The highest BCUT2D eigenvalue weighted by atomic mass is 32.1. The van der Waals surface area contributed by atoms with E-state index in [-0.39, 0.29) is 5.91 Å². The number of hydrogen-bond donors (Lipinski definition) is 2. The fourth-order valence-electron chi connectivity index (χ4n) is 1.13. The third-order valence-electron chi connectivity index (χ3n) is 1.98. The zero-order valence-electron chi connectivity index (χ0n) is 9.55. The van der Waals surface area contributed by atoms with Crippen LogP contribution >= 0.6 is 12.6 Å². The van der Waals surface area contributed by atoms with Crippen LogP contribution in [0.15, 0.2) is 0 Å². The number of carbonyl (C=O) groups is 1. The standard InChI is InChI=1S/C11H23NOS/c1-9(2)8-12-11(13)7-5-4-6-10(3)14/h9-10,14H,4-8H2,1-3H3,(H,12,13). The lowest BCUT2D eigenvalue weighted by Gasteiger charge is -2.07. The second-order valence-electron chi connectivity index (χ2n) is 4.29. The number of carbonyl (C=O) groups excluding carboxylic acids is 1. The Morgan fingerprint density at radius 1 is 1.29 bits per heavy atom. The summed E-state index contributed by atoms with van der Waals surface area (Å²) in [6.07, 6.45) is 3.84. The van der Waals surface area contributed by atoms with Crippen LogP contribution in [0.4, 0.5) is 0 Å². The van der Waals surface area contributed by atoms with Crippen molar-refractivity contribution in [3.05, 3.63) is 0 Å². The summed E-state index contributed by atoms with van der Waals surface area (Å²) in [7, 11) is 0. The van der Waals surface area contributed by atoms with Crippen LogP contribution < -0.4 is 5.32 Å². The number of nitrogens with one attached hydrogen (secondary N) is 1. The number of thiol groups is 1. The van der Waals surface area contributed by atoms with Gasteiger partial charge in [-0.2, -0.15) is 12.6 Å². The van der Waals surface area contributed by atoms with Crippen LogP contribution in [0.25, 0.3) is 0 Å². The molecule has 0 fully saturated rings. The van der Waals surface area contributed by atoms with Crippen molar-refractivity contribution in [2.45, 2.75) is 51.7 Å². The molecule has 0 heterocycles. The van der Waals surface area contributed by atoms with E-state index in [0.717, 1.165) is 25.8 Å². The number of hydrogen-bond acceptors (Lipinski definition) is 2. The first-order chi connectivity index (χ1) is 6.52. The minimum Gasteiger partial charge on any atom is -0.356 e. The molecule has 0 rings (SSSR count). The SMILES string of the molecule is CC(C)CNC(=O)CCCCC(C)S. The first kappa shape index (κ1) is 13.8. The average molecular weight is 217 g/mol. The molecule has 84 valence electrons. The third kappa shape index (κ3) is 9.90. The van der Waals surface area contributed by atoms with Crippen LogP contribution in [0.3, 0.4) is 0 Å². The molecular formula is C11H23NOS. The molecule has 0 bridgehead atoms. The summed E-state index contributed by atoms with van der Waals surface area (Å²) in [4.78, 5) is 11.3. The fourth-order valence-corrected chi connectivity index (χ4v) is 1.31. The van der Waals surface area contributed by atoms with Crippen molar-refractivity contribution in [1.82, 2.24) is 5.32 Å². The van der Waals surface area contributed by atoms with Gasteiger partial charge in [-0.1, -0.05) is 27.2 Å². The lowest BCUT2D eigenvalue weighted by molar-refractivity contribution is -0.121. The lowest BCUT2D eigenvalue weighted by atomic mass is 10.1. The summed E-state index contributed by atoms with van der Waals surface area (Å²) >= 11 is 4.29. The van der Waals surface area contributed by atoms with Gasteiger partial charge in [0, 0.05) is 13.0 Å². The minimum absolute atomic E-state index is 0.186. The van der Waals surface area contributed by atoms with E-state index in [1.54, 1.807) is 0 Å². The fraction of sp³-hybridized carbons (Fsp3) is 0.909. The van der Waals surface area contributed by atoms with Gasteiger partial charge in [-0.05, 0) is 24.0 Å². The Morgan fingerprint density at radius 2 is 1.93 bits per heavy atom. The van der Waals surface area contributed by atoms with Crippen LogP contribution in [-0.2, 0) is 4.79 Å². The molecule has 0 aromatic rings. The Bertz CT molecular complexity index is 157. The molecule has 0 aliphatic rings. The van der Waals surface area contributed by atoms with Gasteiger partial charge in [0.05, 0.1) is 0 Å². The van der Waals surface area contributed by atoms with Crippen LogP contribution in [0.5, 0.6) is 0 Å². The molecule has 1 amide bonds. The van der Waals surface area contributed by atoms with Gasteiger partial charge in [-0.3, -0.25) is 4.79 Å². The van der Waals surface area contributed by atoms with E-state index in [1.807, 2.05) is 0 Å². The molecule has 0 radical (unpaired) electrons. The van der Waals surface area contributed by atoms with Crippen molar-refractivity contribution >= 4 is 18.5 Å². The van der Waals surface area contributed by atoms with Gasteiger partial charge < -0.3 is 5.32 Å². The second kappa shape index (κ2) is 8.16. The molecular weight excluding hydrogens is 194 g/mol. The predicted octanol–water partition coefficient (Wildman–Crippen LogP) is 2.64. The van der Waals surface area contributed by atoms with Crippen molar-refractivity contribution in [2.75, 3.05) is 6.54 Å². The van der Waals surface area contributed by atoms with E-state index in [2.05, 4.69) is 38.7 Å². The molecule has 0 aromatic carbocycles. The smallest absolute Gasteiger partial charge is 0.220 e. The summed E-state index contributed by atoms with van der Waals surface area (Å²) in [5.74, 6) is 0.724. The largest absolute Gasteiger partial charge is 0.356 e. The van der Waals surface area contributed by atoms with Crippen molar-refractivity contribution in [3.8, 4) is 0 Å². The van der Waals surface area contributed by atoms with E-state index >= 15 is 0 Å². The monoisotopic (exact) mass is 217 g/mol. The maximum absolute atomic E-state index is 11.3. The van der Waals surface area contributed by atoms with E-state index in [4.69, 9.17) is 0 Å². The van der Waals surface area contributed by atoms with E-state index in [9.17, 15) is 4.79 Å². The van der Waals surface area contributed by atoms with E-state index in [1.165, 1.54) is 0 Å². The molecule has 0 saturated carbocycles. The quantitative estimate of drug-likeness (QED) is 0.498. The number of rotatable bonds is 7. The van der Waals surface area contributed by atoms with Gasteiger partial charge in [0.15, 0.2) is 0 Å². The molecule has 0 aliphatic heterocycles. The molecule has 0 aliphatic carbocycles. The highest BCUT2D eigenvalue weighted by Gasteiger charge is 2.02. The Hall–Kier alpha value is -0.180. The average Bonchev–Trinajstić information content (AvgIpc) is 2.08. The van der Waals surface area contributed by atoms with Crippen molar-refractivity contribution < 1.29 is 4.79 Å². The maximum atomic E-state index is 11.3. The van der Waals surface area contributed by atoms with Crippen LogP contribution in [0.1, 0.15) is 46.5 Å². The van der Waals surface area contributed by atoms with Gasteiger partial charge >= 0.3 is 0 Å². The Labute approximate surface area is 93.3 Å². The van der Waals surface area contributed by atoms with E-state index < -0.39 is 0 Å². The van der Waals surface area contributed by atoms with Gasteiger partial charge in [0.25, 0.3) is 0 Å². The Kier molecular flexibility index (Phi) is 8.05. The topological polar surface area (TPSA) is 29.1 Å². The summed E-state index contributed by atoms with van der Waals surface area (Å²) in [6.45, 7) is 7.08. The van der Waals surface area contributed by atoms with Gasteiger partial charge in [0.1, 0.15) is 0 Å². The van der Waals surface area contributed by atoms with E-state index in [0.29, 0.717) is 17.6 Å². The van der Waals surface area contributed by atoms with Crippen molar-refractivity contribution in [3.63, 3.8) is 0 Å². The summed E-state index contributed by atoms with van der Waals surface area (Å²) in [5.41, 5.74) is 0. The molecule has 1 unspecified atom stereocenters. The Balaban J connectivity index is 3.27. The molecule has 2 nitrogen and oxygen atoms in total. The van der Waals surface area contributed by atoms with Gasteiger partial charge in [0.2, 0.25) is 5.91 Å². The second-order valence-corrected chi connectivity index (χ2v) is 5.17. The first-order valence-electron chi connectivity index (χ1n) is 5.47. The molecule has 14 heavy (non-hydrogen) atoms. The summed E-state index contributed by atoms with van der Waals surface area (Å²) in [5, 5.41) is 3.36. The summed E-state index contributed by atoms with van der Waals surface area (Å²) in [6, 6.07) is 0. The predicted molar refractivity (Wildman–Crippen MR) is 64.8 cm³/mol. The zero-order chi connectivity index (χ0) is 11.0. The molecule has 0 aromatic heterocycles. The van der Waals surface area contributed by atoms with Crippen LogP contribution in [0, 0.1) is 5.92 Å². The van der Waals surface area contributed by atoms with Gasteiger partial charge in [-0.15, -0.1) is 0 Å². The van der Waals surface area contributed by atoms with Crippen LogP contribution in [0.2, 0.25) is 0 Å². The minimum atomic E-state index is 0.186. The summed E-state index contributed by atoms with van der Waals surface area (Å²) < 4.78 is 0.